The molecule has 1 aliphatic rings. The van der Waals surface area contributed by atoms with Crippen molar-refractivity contribution in [2.24, 2.45) is 10.9 Å². The summed E-state index contributed by atoms with van der Waals surface area (Å²) in [6, 6.07) is 4.60. The number of rotatable bonds is 2. The maximum atomic E-state index is 10.6. The van der Waals surface area contributed by atoms with Crippen LogP contribution in [0.3, 0.4) is 0 Å². The summed E-state index contributed by atoms with van der Waals surface area (Å²) in [5, 5.41) is 27.1. The number of H-pyrrole nitrogens is 1. The first-order chi connectivity index (χ1) is 14.8. The molecule has 0 saturated heterocycles. The number of fused-ring (bicyclic) bond motifs is 3. The molecule has 1 fully saturated rings. The summed E-state index contributed by atoms with van der Waals surface area (Å²) < 4.78 is 35.0. The van der Waals surface area contributed by atoms with E-state index >= 15 is 0 Å². The summed E-state index contributed by atoms with van der Waals surface area (Å²) in [7, 11) is 0. The summed E-state index contributed by atoms with van der Waals surface area (Å²) in [5.41, 5.74) is 3.58. The molecule has 0 amide bonds. The zero-order chi connectivity index (χ0) is 22.6. The number of nitrogens with one attached hydrogen (secondary N) is 1. The van der Waals surface area contributed by atoms with E-state index in [1.807, 2.05) is 23.8 Å². The van der Waals surface area contributed by atoms with Gasteiger partial charge in [0.1, 0.15) is 0 Å². The molecule has 0 spiro atoms. The van der Waals surface area contributed by atoms with E-state index in [2.05, 4.69) is 25.6 Å². The Bertz CT molecular complexity index is 1240. The van der Waals surface area contributed by atoms with Gasteiger partial charge in [0.2, 0.25) is 11.8 Å². The quantitative estimate of drug-likeness (QED) is 0.564. The Morgan fingerprint density at radius 3 is 2.61 bits per heavy atom. The highest BCUT2D eigenvalue weighted by atomic mass is 32.1. The topological polar surface area (TPSA) is 131 Å². The van der Waals surface area contributed by atoms with Crippen LogP contribution in [0.2, 0.25) is 0 Å². The van der Waals surface area contributed by atoms with Crippen molar-refractivity contribution in [2.45, 2.75) is 44.3 Å². The van der Waals surface area contributed by atoms with Crippen LogP contribution in [0.4, 0.5) is 13.2 Å². The van der Waals surface area contributed by atoms with E-state index in [4.69, 9.17) is 20.4 Å². The average Bonchev–Trinajstić information content (AvgIpc) is 3.33. The Morgan fingerprint density at radius 1 is 1.35 bits per heavy atom. The number of hydrogen-bond donors (Lipinski definition) is 2. The maximum Gasteiger partial charge on any atom is 0.490 e. The Kier molecular flexibility index (Phi) is 6.61. The first-order valence-electron chi connectivity index (χ1n) is 9.32. The molecule has 0 aromatic carbocycles. The highest BCUT2D eigenvalue weighted by Gasteiger charge is 2.38. The van der Waals surface area contributed by atoms with Gasteiger partial charge in [-0.3, -0.25) is 4.98 Å². The second-order valence-electron chi connectivity index (χ2n) is 7.03. The first-order valence-corrected chi connectivity index (χ1v) is 10.2. The molecular formula is C19H17F3N6O2S. The Hall–Kier alpha value is -3.38. The number of aliphatic carboxylic acids is 1. The van der Waals surface area contributed by atoms with Gasteiger partial charge >= 0.3 is 12.1 Å². The first kappa shape index (κ1) is 22.3. The molecule has 31 heavy (non-hydrogen) atoms. The van der Waals surface area contributed by atoms with Gasteiger partial charge in [0.05, 0.1) is 33.5 Å². The molecule has 3 heterocycles. The number of hydrogen-bond acceptors (Lipinski definition) is 6. The third-order valence-corrected chi connectivity index (χ3v) is 6.03. The van der Waals surface area contributed by atoms with E-state index < -0.39 is 12.1 Å². The molecule has 0 unspecified atom stereocenters. The number of alkyl halides is 3. The normalized spacial score (nSPS) is 19.5. The average molecular weight is 450 g/mol. The van der Waals surface area contributed by atoms with Crippen molar-refractivity contribution in [3.63, 3.8) is 0 Å². The van der Waals surface area contributed by atoms with Crippen LogP contribution in [0.1, 0.15) is 38.1 Å². The zero-order valence-corrected chi connectivity index (χ0v) is 16.9. The van der Waals surface area contributed by atoms with Crippen LogP contribution in [0, 0.1) is 28.7 Å². The SMILES string of the molecule is N#CC[C@H]1CC[C@H](n2/c(=N/C#N)[nH]c3cnc4ccsc4c32)CC1.O=C(O)C(F)(F)F. The van der Waals surface area contributed by atoms with E-state index in [-0.39, 0.29) is 0 Å². The predicted octanol–water partition coefficient (Wildman–Crippen LogP) is 4.24. The van der Waals surface area contributed by atoms with Crippen LogP contribution in [0.5, 0.6) is 0 Å². The number of nitriles is 2. The van der Waals surface area contributed by atoms with Crippen molar-refractivity contribution in [1.29, 1.82) is 10.5 Å². The number of thiophene rings is 1. The second-order valence-corrected chi connectivity index (χ2v) is 7.94. The Labute approximate surface area is 177 Å². The number of aromatic nitrogens is 3. The van der Waals surface area contributed by atoms with Crippen LogP contribution in [0.15, 0.2) is 22.6 Å². The van der Waals surface area contributed by atoms with Crippen LogP contribution in [-0.4, -0.2) is 31.8 Å². The lowest BCUT2D eigenvalue weighted by Gasteiger charge is -2.28. The zero-order valence-electron chi connectivity index (χ0n) is 16.1. The molecule has 12 heteroatoms. The Balaban J connectivity index is 0.000000339. The second kappa shape index (κ2) is 9.18. The van der Waals surface area contributed by atoms with Crippen LogP contribution in [0.25, 0.3) is 21.3 Å². The minimum atomic E-state index is -5.08. The van der Waals surface area contributed by atoms with E-state index in [1.54, 1.807) is 11.3 Å². The molecule has 0 bridgehead atoms. The minimum Gasteiger partial charge on any atom is -0.475 e. The fourth-order valence-corrected chi connectivity index (χ4v) is 4.63. The lowest BCUT2D eigenvalue weighted by Crippen LogP contribution is -2.27. The van der Waals surface area contributed by atoms with E-state index in [1.165, 1.54) is 0 Å². The summed E-state index contributed by atoms with van der Waals surface area (Å²) in [6.07, 6.45) is 3.38. The molecule has 8 nitrogen and oxygen atoms in total. The van der Waals surface area contributed by atoms with Gasteiger partial charge in [-0.2, -0.15) is 23.7 Å². The minimum absolute atomic E-state index is 0.300. The van der Waals surface area contributed by atoms with Crippen molar-refractivity contribution in [3.05, 3.63) is 23.3 Å². The Morgan fingerprint density at radius 2 is 2.03 bits per heavy atom. The molecule has 0 radical (unpaired) electrons. The molecule has 2 N–H and O–H groups in total. The lowest BCUT2D eigenvalue weighted by molar-refractivity contribution is -0.192. The molecule has 3 aromatic rings. The lowest BCUT2D eigenvalue weighted by atomic mass is 9.84. The van der Waals surface area contributed by atoms with Gasteiger partial charge in [-0.15, -0.1) is 16.3 Å². The van der Waals surface area contributed by atoms with E-state index in [0.717, 1.165) is 46.9 Å². The number of carboxylic acid groups (broad SMARTS) is 1. The van der Waals surface area contributed by atoms with Crippen molar-refractivity contribution in [3.8, 4) is 12.3 Å². The summed E-state index contributed by atoms with van der Waals surface area (Å²) in [6.45, 7) is 0. The monoisotopic (exact) mass is 450 g/mol. The number of carbonyl (C=O) groups is 1. The standard InChI is InChI=1S/C17H16N6S.C2HF3O2/c18-7-5-11-1-3-12(4-2-11)23-15-14(22-17(23)21-10-19)9-20-13-6-8-24-16(13)15;3-2(4,5)1(6)7/h6,8-9,11-12H,1-5H2,(H,21,22);(H,6,7)/t11-,12-;. The molecule has 1 saturated carbocycles. The fraction of sp³-hybridized carbons (Fsp3) is 0.421. The highest BCUT2D eigenvalue weighted by molar-refractivity contribution is 7.18. The van der Waals surface area contributed by atoms with E-state index in [9.17, 15) is 13.2 Å². The fourth-order valence-electron chi connectivity index (χ4n) is 3.74. The van der Waals surface area contributed by atoms with Crippen molar-refractivity contribution in [2.75, 3.05) is 0 Å². The van der Waals surface area contributed by atoms with E-state index in [0.29, 0.717) is 24.0 Å². The van der Waals surface area contributed by atoms with Gasteiger partial charge in [0.25, 0.3) is 0 Å². The van der Waals surface area contributed by atoms with Gasteiger partial charge in [0, 0.05) is 12.5 Å². The number of carboxylic acids is 1. The van der Waals surface area contributed by atoms with Crippen molar-refractivity contribution >= 4 is 38.6 Å². The maximum absolute atomic E-state index is 10.6. The number of nitrogens with zero attached hydrogens (tertiary/aromatic N) is 5. The van der Waals surface area contributed by atoms with Crippen LogP contribution >= 0.6 is 11.3 Å². The molecule has 4 rings (SSSR count). The smallest absolute Gasteiger partial charge is 0.475 e. The van der Waals surface area contributed by atoms with Gasteiger partial charge in [-0.05, 0) is 43.0 Å². The molecule has 162 valence electrons. The predicted molar refractivity (Wildman–Crippen MR) is 106 cm³/mol. The van der Waals surface area contributed by atoms with Gasteiger partial charge in [-0.25, -0.2) is 4.79 Å². The summed E-state index contributed by atoms with van der Waals surface area (Å²) in [5.74, 6) is -2.26. The molecular weight excluding hydrogens is 433 g/mol. The summed E-state index contributed by atoms with van der Waals surface area (Å²) in [4.78, 5) is 20.6. The number of imidazole rings is 1. The molecule has 3 aromatic heterocycles. The molecule has 0 aliphatic heterocycles. The van der Waals surface area contributed by atoms with Crippen molar-refractivity contribution in [1.82, 2.24) is 14.5 Å². The van der Waals surface area contributed by atoms with Gasteiger partial charge in [0.15, 0.2) is 0 Å². The largest absolute Gasteiger partial charge is 0.490 e. The highest BCUT2D eigenvalue weighted by Crippen LogP contribution is 2.36. The number of halogens is 3. The third kappa shape index (κ3) is 4.86. The third-order valence-electron chi connectivity index (χ3n) is 5.12. The molecule has 1 aliphatic carbocycles. The molecule has 0 atom stereocenters. The number of aromatic amines is 1. The van der Waals surface area contributed by atoms with Crippen molar-refractivity contribution < 1.29 is 23.1 Å². The van der Waals surface area contributed by atoms with Gasteiger partial charge < -0.3 is 14.7 Å². The number of pyridine rings is 1. The van der Waals surface area contributed by atoms with Crippen LogP contribution < -0.4 is 5.62 Å². The summed E-state index contributed by atoms with van der Waals surface area (Å²) >= 11 is 1.66. The van der Waals surface area contributed by atoms with Crippen LogP contribution in [-0.2, 0) is 4.79 Å². The van der Waals surface area contributed by atoms with Gasteiger partial charge in [-0.1, -0.05) is 0 Å².